The molecule has 0 aliphatic carbocycles. The summed E-state index contributed by atoms with van der Waals surface area (Å²) in [6.45, 7) is 9.20. The molecule has 0 radical (unpaired) electrons. The third kappa shape index (κ3) is 4.26. The number of likely N-dealkylation sites (tertiary alicyclic amines) is 1. The molecular formula is C21H30N2O3. The van der Waals surface area contributed by atoms with E-state index in [0.29, 0.717) is 31.6 Å². The van der Waals surface area contributed by atoms with E-state index in [1.807, 2.05) is 0 Å². The Hall–Kier alpha value is -1.88. The lowest BCUT2D eigenvalue weighted by molar-refractivity contribution is -0.155. The standard InChI is InChI=1S/C21H30N2O3/c1-15(2)14-23-10-8-21(9-11-23,20(24)25)13-18-12-19(22-26-18)17-6-4-16(3)5-7-17/h4-7,15,18H,8-14H2,1-3H3,(H,24,25). The molecular weight excluding hydrogens is 328 g/mol. The van der Waals surface area contributed by atoms with Crippen LogP contribution in [0.4, 0.5) is 0 Å². The highest BCUT2D eigenvalue weighted by Gasteiger charge is 2.44. The Morgan fingerprint density at radius 2 is 1.96 bits per heavy atom. The highest BCUT2D eigenvalue weighted by Crippen LogP contribution is 2.39. The topological polar surface area (TPSA) is 62.1 Å². The molecule has 5 nitrogen and oxygen atoms in total. The Morgan fingerprint density at radius 1 is 1.31 bits per heavy atom. The molecule has 2 aliphatic rings. The third-order valence-electron chi connectivity index (χ3n) is 5.63. The van der Waals surface area contributed by atoms with E-state index in [-0.39, 0.29) is 6.10 Å². The molecule has 1 aromatic carbocycles. The van der Waals surface area contributed by atoms with Gasteiger partial charge in [0.15, 0.2) is 0 Å². The first-order valence-electron chi connectivity index (χ1n) is 9.63. The molecule has 0 saturated carbocycles. The summed E-state index contributed by atoms with van der Waals surface area (Å²) in [7, 11) is 0. The van der Waals surface area contributed by atoms with Crippen LogP contribution in [0.3, 0.4) is 0 Å². The summed E-state index contributed by atoms with van der Waals surface area (Å²) in [6.07, 6.45) is 2.47. The molecule has 26 heavy (non-hydrogen) atoms. The van der Waals surface area contributed by atoms with Crippen LogP contribution in [0.2, 0.25) is 0 Å². The lowest BCUT2D eigenvalue weighted by Gasteiger charge is -2.40. The maximum Gasteiger partial charge on any atom is 0.309 e. The predicted molar refractivity (Wildman–Crippen MR) is 102 cm³/mol. The minimum absolute atomic E-state index is 0.140. The second-order valence-corrected chi connectivity index (χ2v) is 8.32. The molecule has 1 atom stereocenters. The molecule has 0 aromatic heterocycles. The summed E-state index contributed by atoms with van der Waals surface area (Å²) >= 11 is 0. The number of rotatable bonds is 6. The second kappa shape index (κ2) is 7.78. The number of carboxylic acid groups (broad SMARTS) is 1. The zero-order valence-corrected chi connectivity index (χ0v) is 16.1. The molecule has 5 heteroatoms. The summed E-state index contributed by atoms with van der Waals surface area (Å²) < 4.78 is 0. The van der Waals surface area contributed by atoms with Crippen molar-refractivity contribution in [3.63, 3.8) is 0 Å². The van der Waals surface area contributed by atoms with Gasteiger partial charge in [0.1, 0.15) is 6.10 Å². The van der Waals surface area contributed by atoms with E-state index in [9.17, 15) is 9.90 Å². The number of piperidine rings is 1. The molecule has 1 aromatic rings. The van der Waals surface area contributed by atoms with Crippen molar-refractivity contribution in [1.82, 2.24) is 4.90 Å². The van der Waals surface area contributed by atoms with Crippen LogP contribution in [0.15, 0.2) is 29.4 Å². The summed E-state index contributed by atoms with van der Waals surface area (Å²) in [5.74, 6) is -0.0787. The molecule has 1 saturated heterocycles. The van der Waals surface area contributed by atoms with E-state index in [0.717, 1.165) is 30.9 Å². The van der Waals surface area contributed by atoms with Crippen molar-refractivity contribution in [3.8, 4) is 0 Å². The Balaban J connectivity index is 1.60. The van der Waals surface area contributed by atoms with Crippen molar-refractivity contribution in [2.75, 3.05) is 19.6 Å². The lowest BCUT2D eigenvalue weighted by atomic mass is 9.73. The smallest absolute Gasteiger partial charge is 0.309 e. The van der Waals surface area contributed by atoms with Crippen LogP contribution in [-0.4, -0.2) is 47.4 Å². The molecule has 3 rings (SSSR count). The number of carboxylic acids is 1. The van der Waals surface area contributed by atoms with Crippen molar-refractivity contribution in [2.24, 2.45) is 16.5 Å². The van der Waals surface area contributed by atoms with Crippen LogP contribution in [0.5, 0.6) is 0 Å². The van der Waals surface area contributed by atoms with Gasteiger partial charge in [0.25, 0.3) is 0 Å². The van der Waals surface area contributed by atoms with Crippen LogP contribution >= 0.6 is 0 Å². The maximum absolute atomic E-state index is 12.1. The number of carbonyl (C=O) groups is 1. The number of hydrogen-bond acceptors (Lipinski definition) is 4. The number of oxime groups is 1. The van der Waals surface area contributed by atoms with Gasteiger partial charge in [-0.3, -0.25) is 4.79 Å². The summed E-state index contributed by atoms with van der Waals surface area (Å²) in [5.41, 5.74) is 2.51. The monoisotopic (exact) mass is 358 g/mol. The fourth-order valence-electron chi connectivity index (χ4n) is 4.08. The largest absolute Gasteiger partial charge is 0.481 e. The zero-order valence-electron chi connectivity index (χ0n) is 16.1. The van der Waals surface area contributed by atoms with Gasteiger partial charge in [-0.15, -0.1) is 0 Å². The van der Waals surface area contributed by atoms with Gasteiger partial charge in [0.05, 0.1) is 11.1 Å². The van der Waals surface area contributed by atoms with Crippen molar-refractivity contribution >= 4 is 11.7 Å². The van der Waals surface area contributed by atoms with Gasteiger partial charge in [-0.2, -0.15) is 0 Å². The zero-order chi connectivity index (χ0) is 18.7. The summed E-state index contributed by atoms with van der Waals surface area (Å²) in [6, 6.07) is 8.23. The van der Waals surface area contributed by atoms with E-state index >= 15 is 0 Å². The van der Waals surface area contributed by atoms with E-state index < -0.39 is 11.4 Å². The van der Waals surface area contributed by atoms with Gasteiger partial charge in [-0.1, -0.05) is 48.8 Å². The Labute approximate surface area is 156 Å². The minimum atomic E-state index is -0.686. The molecule has 0 amide bonds. The molecule has 0 spiro atoms. The number of benzene rings is 1. The Bertz CT molecular complexity index is 658. The van der Waals surface area contributed by atoms with Crippen LogP contribution in [-0.2, 0) is 9.63 Å². The normalized spacial score (nSPS) is 22.9. The molecule has 0 bridgehead atoms. The predicted octanol–water partition coefficient (Wildman–Crippen LogP) is 3.70. The first-order chi connectivity index (χ1) is 12.4. The van der Waals surface area contributed by atoms with Crippen LogP contribution in [0.25, 0.3) is 0 Å². The lowest BCUT2D eigenvalue weighted by Crippen LogP contribution is -2.46. The number of aryl methyl sites for hydroxylation is 1. The van der Waals surface area contributed by atoms with Gasteiger partial charge in [0.2, 0.25) is 0 Å². The first kappa shape index (κ1) is 18.9. The third-order valence-corrected chi connectivity index (χ3v) is 5.63. The van der Waals surface area contributed by atoms with E-state index in [4.69, 9.17) is 4.84 Å². The van der Waals surface area contributed by atoms with Crippen LogP contribution in [0, 0.1) is 18.3 Å². The van der Waals surface area contributed by atoms with Crippen molar-refractivity contribution in [2.45, 2.75) is 52.6 Å². The molecule has 2 heterocycles. The van der Waals surface area contributed by atoms with Crippen molar-refractivity contribution in [1.29, 1.82) is 0 Å². The maximum atomic E-state index is 12.1. The Morgan fingerprint density at radius 3 is 2.54 bits per heavy atom. The SMILES string of the molecule is Cc1ccc(C2=NOC(CC3(C(=O)O)CCN(CC(C)C)CC3)C2)cc1. The average Bonchev–Trinajstić information content (AvgIpc) is 3.05. The fourth-order valence-corrected chi connectivity index (χ4v) is 4.08. The van der Waals surface area contributed by atoms with E-state index in [1.54, 1.807) is 0 Å². The molecule has 1 N–H and O–H groups in total. The second-order valence-electron chi connectivity index (χ2n) is 8.32. The van der Waals surface area contributed by atoms with E-state index in [2.05, 4.69) is 55.1 Å². The molecule has 142 valence electrons. The van der Waals surface area contributed by atoms with Gasteiger partial charge >= 0.3 is 5.97 Å². The van der Waals surface area contributed by atoms with Crippen LogP contribution in [0.1, 0.15) is 50.7 Å². The van der Waals surface area contributed by atoms with Crippen molar-refractivity contribution in [3.05, 3.63) is 35.4 Å². The molecule has 2 aliphatic heterocycles. The molecule has 1 unspecified atom stereocenters. The number of hydrogen-bond donors (Lipinski definition) is 1. The Kier molecular flexibility index (Phi) is 5.66. The van der Waals surface area contributed by atoms with Crippen molar-refractivity contribution < 1.29 is 14.7 Å². The number of nitrogens with zero attached hydrogens (tertiary/aromatic N) is 2. The van der Waals surface area contributed by atoms with Crippen LogP contribution < -0.4 is 0 Å². The van der Waals surface area contributed by atoms with Gasteiger partial charge < -0.3 is 14.8 Å². The van der Waals surface area contributed by atoms with E-state index in [1.165, 1.54) is 5.56 Å². The highest BCUT2D eigenvalue weighted by atomic mass is 16.6. The minimum Gasteiger partial charge on any atom is -0.481 e. The van der Waals surface area contributed by atoms with Gasteiger partial charge in [-0.25, -0.2) is 0 Å². The van der Waals surface area contributed by atoms with Gasteiger partial charge in [0, 0.05) is 19.4 Å². The van der Waals surface area contributed by atoms with Gasteiger partial charge in [-0.05, 0) is 44.3 Å². The quantitative estimate of drug-likeness (QED) is 0.842. The fraction of sp³-hybridized carbons (Fsp3) is 0.619. The highest BCUT2D eigenvalue weighted by molar-refractivity contribution is 6.01. The summed E-state index contributed by atoms with van der Waals surface area (Å²) in [5, 5.41) is 14.2. The average molecular weight is 358 g/mol. The first-order valence-corrected chi connectivity index (χ1v) is 9.63. The number of aliphatic carboxylic acids is 1. The summed E-state index contributed by atoms with van der Waals surface area (Å²) in [4.78, 5) is 20.1. The molecule has 1 fully saturated rings.